The number of nitrogens with one attached hydrogen (secondary N) is 1. The number of nitrogens with zero attached hydrogens (tertiary/aromatic N) is 2. The molecule has 0 unspecified atom stereocenters. The average Bonchev–Trinajstić information content (AvgIpc) is 3.17. The van der Waals surface area contributed by atoms with Crippen LogP contribution in [-0.2, 0) is 4.79 Å². The summed E-state index contributed by atoms with van der Waals surface area (Å²) in [5, 5.41) is 6.99. The molecule has 0 aliphatic rings. The Balaban J connectivity index is 1.90. The van der Waals surface area contributed by atoms with Crippen molar-refractivity contribution in [2.75, 3.05) is 19.5 Å². The second-order valence-electron chi connectivity index (χ2n) is 6.68. The molecule has 3 aromatic rings. The monoisotopic (exact) mass is 381 g/mol. The Kier molecular flexibility index (Phi) is 5.93. The molecule has 1 N–H and O–H groups in total. The van der Waals surface area contributed by atoms with Crippen LogP contribution in [0.4, 0.5) is 5.69 Å². The highest BCUT2D eigenvalue weighted by molar-refractivity contribution is 5.94. The summed E-state index contributed by atoms with van der Waals surface area (Å²) in [6, 6.07) is 12.7. The van der Waals surface area contributed by atoms with Crippen LogP contribution in [0.3, 0.4) is 0 Å². The van der Waals surface area contributed by atoms with Crippen LogP contribution in [0, 0.1) is 5.92 Å². The lowest BCUT2D eigenvalue weighted by atomic mass is 10.1. The normalized spacial score (nSPS) is 10.8. The number of rotatable bonds is 7. The lowest BCUT2D eigenvalue weighted by Gasteiger charge is -2.09. The van der Waals surface area contributed by atoms with Crippen molar-refractivity contribution >= 4 is 11.6 Å². The fourth-order valence-corrected chi connectivity index (χ4v) is 2.78. The van der Waals surface area contributed by atoms with Gasteiger partial charge in [-0.1, -0.05) is 31.1 Å². The summed E-state index contributed by atoms with van der Waals surface area (Å²) in [5.41, 5.74) is 2.03. The van der Waals surface area contributed by atoms with E-state index in [1.54, 1.807) is 26.4 Å². The van der Waals surface area contributed by atoms with Gasteiger partial charge in [0.2, 0.25) is 11.7 Å². The van der Waals surface area contributed by atoms with Gasteiger partial charge in [0.05, 0.1) is 25.5 Å². The lowest BCUT2D eigenvalue weighted by Crippen LogP contribution is -2.14. The number of hydrogen-bond donors (Lipinski definition) is 1. The van der Waals surface area contributed by atoms with Crippen molar-refractivity contribution in [2.45, 2.75) is 20.3 Å². The number of carbonyl (C=O) groups is 1. The van der Waals surface area contributed by atoms with E-state index in [1.807, 2.05) is 44.2 Å². The number of aromatic nitrogens is 2. The molecule has 7 heteroatoms. The van der Waals surface area contributed by atoms with E-state index in [1.165, 1.54) is 0 Å². The quantitative estimate of drug-likeness (QED) is 0.652. The van der Waals surface area contributed by atoms with Crippen LogP contribution in [0.25, 0.3) is 22.8 Å². The molecule has 0 atom stereocenters. The molecule has 1 aromatic heterocycles. The molecular weight excluding hydrogens is 358 g/mol. The molecule has 146 valence electrons. The summed E-state index contributed by atoms with van der Waals surface area (Å²) in [6.45, 7) is 4.00. The van der Waals surface area contributed by atoms with E-state index < -0.39 is 0 Å². The molecule has 0 saturated heterocycles. The van der Waals surface area contributed by atoms with E-state index in [2.05, 4.69) is 15.5 Å². The number of hydrogen-bond acceptors (Lipinski definition) is 6. The fraction of sp³-hybridized carbons (Fsp3) is 0.286. The Morgan fingerprint density at radius 1 is 1.11 bits per heavy atom. The van der Waals surface area contributed by atoms with Crippen molar-refractivity contribution in [3.63, 3.8) is 0 Å². The Bertz CT molecular complexity index is 966. The van der Waals surface area contributed by atoms with Crippen molar-refractivity contribution in [3.8, 4) is 34.3 Å². The van der Waals surface area contributed by atoms with Gasteiger partial charge < -0.3 is 19.3 Å². The maximum atomic E-state index is 12.2. The van der Waals surface area contributed by atoms with E-state index >= 15 is 0 Å². The molecule has 0 fully saturated rings. The minimum Gasteiger partial charge on any atom is -0.493 e. The second kappa shape index (κ2) is 8.56. The van der Waals surface area contributed by atoms with E-state index in [-0.39, 0.29) is 11.8 Å². The molecule has 2 aromatic carbocycles. The summed E-state index contributed by atoms with van der Waals surface area (Å²) in [4.78, 5) is 16.6. The zero-order chi connectivity index (χ0) is 20.1. The van der Waals surface area contributed by atoms with Crippen LogP contribution in [0.2, 0.25) is 0 Å². The van der Waals surface area contributed by atoms with Gasteiger partial charge in [0.25, 0.3) is 5.89 Å². The highest BCUT2D eigenvalue weighted by atomic mass is 16.5. The molecule has 28 heavy (non-hydrogen) atoms. The van der Waals surface area contributed by atoms with Crippen LogP contribution >= 0.6 is 0 Å². The molecule has 0 bridgehead atoms. The molecule has 1 heterocycles. The van der Waals surface area contributed by atoms with Crippen molar-refractivity contribution in [1.82, 2.24) is 10.1 Å². The molecular formula is C21H23N3O4. The molecule has 7 nitrogen and oxygen atoms in total. The third-order valence-corrected chi connectivity index (χ3v) is 4.09. The van der Waals surface area contributed by atoms with E-state index in [9.17, 15) is 4.79 Å². The maximum Gasteiger partial charge on any atom is 0.260 e. The number of ether oxygens (including phenoxy) is 2. The van der Waals surface area contributed by atoms with Gasteiger partial charge in [0, 0.05) is 12.0 Å². The summed E-state index contributed by atoms with van der Waals surface area (Å²) >= 11 is 0. The standard InChI is InChI=1S/C21H23N3O4/c1-13(2)11-19(25)22-16-8-6-5-7-15(16)21-23-20(24-28-21)14-9-10-17(26-3)18(12-14)27-4/h5-10,12-13H,11H2,1-4H3,(H,22,25). The Morgan fingerprint density at radius 3 is 2.57 bits per heavy atom. The Hall–Kier alpha value is -3.35. The summed E-state index contributed by atoms with van der Waals surface area (Å²) in [6.07, 6.45) is 0.440. The molecule has 0 aliphatic carbocycles. The molecule has 3 rings (SSSR count). The number of benzene rings is 2. The van der Waals surface area contributed by atoms with Crippen LogP contribution < -0.4 is 14.8 Å². The van der Waals surface area contributed by atoms with Crippen molar-refractivity contribution < 1.29 is 18.8 Å². The molecule has 0 spiro atoms. The van der Waals surface area contributed by atoms with Crippen LogP contribution in [0.1, 0.15) is 20.3 Å². The van der Waals surface area contributed by atoms with Gasteiger partial charge in [-0.15, -0.1) is 0 Å². The van der Waals surface area contributed by atoms with Gasteiger partial charge in [0.15, 0.2) is 11.5 Å². The summed E-state index contributed by atoms with van der Waals surface area (Å²) < 4.78 is 16.0. The van der Waals surface area contributed by atoms with Crippen LogP contribution in [0.15, 0.2) is 47.0 Å². The fourth-order valence-electron chi connectivity index (χ4n) is 2.78. The zero-order valence-corrected chi connectivity index (χ0v) is 16.4. The van der Waals surface area contributed by atoms with E-state index in [4.69, 9.17) is 14.0 Å². The van der Waals surface area contributed by atoms with E-state index in [0.717, 1.165) is 5.56 Å². The lowest BCUT2D eigenvalue weighted by molar-refractivity contribution is -0.116. The predicted molar refractivity (Wildman–Crippen MR) is 106 cm³/mol. The van der Waals surface area contributed by atoms with Gasteiger partial charge >= 0.3 is 0 Å². The van der Waals surface area contributed by atoms with Gasteiger partial charge in [-0.3, -0.25) is 4.79 Å². The number of carbonyl (C=O) groups excluding carboxylic acids is 1. The smallest absolute Gasteiger partial charge is 0.260 e. The molecule has 0 saturated carbocycles. The first-order valence-corrected chi connectivity index (χ1v) is 8.97. The van der Waals surface area contributed by atoms with Gasteiger partial charge in [-0.05, 0) is 36.2 Å². The predicted octanol–water partition coefficient (Wildman–Crippen LogP) is 4.41. The van der Waals surface area contributed by atoms with Gasteiger partial charge in [-0.2, -0.15) is 4.98 Å². The third-order valence-electron chi connectivity index (χ3n) is 4.09. The zero-order valence-electron chi connectivity index (χ0n) is 16.4. The van der Waals surface area contributed by atoms with Crippen molar-refractivity contribution in [1.29, 1.82) is 0 Å². The minimum atomic E-state index is -0.0536. The second-order valence-corrected chi connectivity index (χ2v) is 6.68. The molecule has 0 aliphatic heterocycles. The maximum absolute atomic E-state index is 12.2. The molecule has 1 amide bonds. The average molecular weight is 381 g/mol. The Morgan fingerprint density at radius 2 is 1.86 bits per heavy atom. The van der Waals surface area contributed by atoms with Crippen molar-refractivity contribution in [2.24, 2.45) is 5.92 Å². The van der Waals surface area contributed by atoms with Gasteiger partial charge in [-0.25, -0.2) is 0 Å². The number of amides is 1. The third kappa shape index (κ3) is 4.31. The first-order chi connectivity index (χ1) is 13.5. The largest absolute Gasteiger partial charge is 0.493 e. The number of methoxy groups -OCH3 is 2. The van der Waals surface area contributed by atoms with Gasteiger partial charge in [0.1, 0.15) is 0 Å². The number of para-hydroxylation sites is 1. The first kappa shape index (κ1) is 19.4. The SMILES string of the molecule is COc1ccc(-c2noc(-c3ccccc3NC(=O)CC(C)C)n2)cc1OC. The topological polar surface area (TPSA) is 86.5 Å². The highest BCUT2D eigenvalue weighted by Crippen LogP contribution is 2.33. The molecule has 0 radical (unpaired) electrons. The van der Waals surface area contributed by atoms with Crippen LogP contribution in [-0.4, -0.2) is 30.3 Å². The Labute approximate surface area is 163 Å². The minimum absolute atomic E-state index is 0.0536. The van der Waals surface area contributed by atoms with E-state index in [0.29, 0.717) is 40.9 Å². The van der Waals surface area contributed by atoms with Crippen molar-refractivity contribution in [3.05, 3.63) is 42.5 Å². The summed E-state index contributed by atoms with van der Waals surface area (Å²) in [7, 11) is 3.15. The highest BCUT2D eigenvalue weighted by Gasteiger charge is 2.17. The number of anilines is 1. The first-order valence-electron chi connectivity index (χ1n) is 8.97. The summed E-state index contributed by atoms with van der Waals surface area (Å²) in [5.74, 6) is 2.15. The van der Waals surface area contributed by atoms with Crippen LogP contribution in [0.5, 0.6) is 11.5 Å².